The lowest BCUT2D eigenvalue weighted by atomic mass is 9.77. The van der Waals surface area contributed by atoms with Crippen LogP contribution in [-0.4, -0.2) is 50.6 Å². The number of thiazole rings is 1. The first-order valence-electron chi connectivity index (χ1n) is 9.33. The monoisotopic (exact) mass is 470 g/mol. The lowest BCUT2D eigenvalue weighted by Crippen LogP contribution is -2.52. The summed E-state index contributed by atoms with van der Waals surface area (Å²) in [5.74, 6) is 0.372. The van der Waals surface area contributed by atoms with Crippen LogP contribution in [0.1, 0.15) is 35.8 Å². The van der Waals surface area contributed by atoms with Crippen LogP contribution in [0.2, 0.25) is 0 Å². The van der Waals surface area contributed by atoms with Crippen molar-refractivity contribution in [1.82, 2.24) is 15.0 Å². The predicted octanol–water partition coefficient (Wildman–Crippen LogP) is 2.86. The third-order valence-electron chi connectivity index (χ3n) is 5.03. The first-order chi connectivity index (χ1) is 14.7. The topological polar surface area (TPSA) is 125 Å². The van der Waals surface area contributed by atoms with Gasteiger partial charge in [0.2, 0.25) is 5.88 Å². The van der Waals surface area contributed by atoms with Gasteiger partial charge in [0.05, 0.1) is 24.6 Å². The molecule has 0 aliphatic carbocycles. The number of carbonyl (C=O) groups is 1. The standard InChI is InChI=1S/C18H20F2N6O3S2/c1-17(2)3-9-6-31-16(21)26-18(9,8-28-17)14-25-11(7-30-14)24-13(27)10-4-23-12(5-22-10)29-15(19)20/h4-5,7,9,15H,3,6,8H2,1-2H3,(H2,21,26)(H,24,27)/t9-,18-/m0/s1. The molecule has 0 saturated carbocycles. The zero-order valence-corrected chi connectivity index (χ0v) is 18.3. The number of aliphatic imine (C=N–C) groups is 1. The summed E-state index contributed by atoms with van der Waals surface area (Å²) in [5.41, 5.74) is 5.02. The normalized spacial score (nSPS) is 24.9. The Morgan fingerprint density at radius 2 is 2.19 bits per heavy atom. The summed E-state index contributed by atoms with van der Waals surface area (Å²) in [7, 11) is 0. The van der Waals surface area contributed by atoms with Crippen molar-refractivity contribution in [3.63, 3.8) is 0 Å². The highest BCUT2D eigenvalue weighted by atomic mass is 32.2. The van der Waals surface area contributed by atoms with Gasteiger partial charge in [-0.25, -0.2) is 19.9 Å². The van der Waals surface area contributed by atoms with Gasteiger partial charge in [0.1, 0.15) is 22.1 Å². The summed E-state index contributed by atoms with van der Waals surface area (Å²) >= 11 is 2.89. The molecule has 13 heteroatoms. The number of anilines is 1. The Labute approximate surface area is 184 Å². The van der Waals surface area contributed by atoms with Gasteiger partial charge in [0.15, 0.2) is 5.17 Å². The fourth-order valence-corrected chi connectivity index (χ4v) is 5.51. The number of hydrogen-bond donors (Lipinski definition) is 2. The van der Waals surface area contributed by atoms with Gasteiger partial charge in [-0.15, -0.1) is 11.3 Å². The minimum Gasteiger partial charge on any atom is -0.415 e. The fourth-order valence-electron chi connectivity index (χ4n) is 3.56. The molecule has 166 valence electrons. The van der Waals surface area contributed by atoms with Crippen LogP contribution in [0.4, 0.5) is 14.6 Å². The number of thioether (sulfide) groups is 1. The SMILES string of the molecule is CC1(C)C[C@H]2CSC(N)=N[C@@]2(c2nc(NC(=O)c3cnc(OC(F)F)cn3)cs2)CO1. The quantitative estimate of drug-likeness (QED) is 0.684. The third kappa shape index (κ3) is 4.62. The van der Waals surface area contributed by atoms with E-state index in [-0.39, 0.29) is 23.1 Å². The van der Waals surface area contributed by atoms with Crippen LogP contribution >= 0.6 is 23.1 Å². The van der Waals surface area contributed by atoms with Crippen molar-refractivity contribution in [2.24, 2.45) is 16.6 Å². The first-order valence-corrected chi connectivity index (χ1v) is 11.2. The maximum atomic E-state index is 12.4. The summed E-state index contributed by atoms with van der Waals surface area (Å²) in [6.07, 6.45) is 2.81. The van der Waals surface area contributed by atoms with E-state index in [1.54, 1.807) is 5.38 Å². The number of carbonyl (C=O) groups excluding carboxylic acids is 1. The molecular weight excluding hydrogens is 450 g/mol. The number of fused-ring (bicyclic) bond motifs is 1. The van der Waals surface area contributed by atoms with Crippen LogP contribution in [0.25, 0.3) is 0 Å². The number of nitrogens with one attached hydrogen (secondary N) is 1. The van der Waals surface area contributed by atoms with E-state index in [0.29, 0.717) is 22.6 Å². The van der Waals surface area contributed by atoms with Crippen LogP contribution in [-0.2, 0) is 10.3 Å². The van der Waals surface area contributed by atoms with E-state index in [4.69, 9.17) is 15.5 Å². The highest BCUT2D eigenvalue weighted by Crippen LogP contribution is 2.49. The third-order valence-corrected chi connectivity index (χ3v) is 6.99. The van der Waals surface area contributed by atoms with Gasteiger partial charge in [-0.1, -0.05) is 11.8 Å². The number of ether oxygens (including phenoxy) is 2. The maximum absolute atomic E-state index is 12.4. The molecule has 4 rings (SSSR count). The molecule has 31 heavy (non-hydrogen) atoms. The molecule has 9 nitrogen and oxygen atoms in total. The molecular formula is C18H20F2N6O3S2. The lowest BCUT2D eigenvalue weighted by Gasteiger charge is -2.47. The van der Waals surface area contributed by atoms with E-state index in [1.807, 2.05) is 0 Å². The van der Waals surface area contributed by atoms with E-state index in [0.717, 1.165) is 24.6 Å². The van der Waals surface area contributed by atoms with Gasteiger partial charge in [0.25, 0.3) is 5.91 Å². The number of amidine groups is 1. The molecule has 2 atom stereocenters. The van der Waals surface area contributed by atoms with Crippen LogP contribution < -0.4 is 15.8 Å². The zero-order chi connectivity index (χ0) is 22.2. The first kappa shape index (κ1) is 21.8. The smallest absolute Gasteiger partial charge is 0.388 e. The average Bonchev–Trinajstić information content (AvgIpc) is 3.17. The summed E-state index contributed by atoms with van der Waals surface area (Å²) in [5, 5.41) is 5.54. The Morgan fingerprint density at radius 3 is 2.90 bits per heavy atom. The van der Waals surface area contributed by atoms with Crippen LogP contribution in [0.15, 0.2) is 22.8 Å². The van der Waals surface area contributed by atoms with Crippen molar-refractivity contribution in [2.75, 3.05) is 17.7 Å². The van der Waals surface area contributed by atoms with Gasteiger partial charge in [0, 0.05) is 17.1 Å². The maximum Gasteiger partial charge on any atom is 0.388 e. The Hall–Kier alpha value is -2.38. The lowest BCUT2D eigenvalue weighted by molar-refractivity contribution is -0.109. The summed E-state index contributed by atoms with van der Waals surface area (Å²) < 4.78 is 34.6. The molecule has 3 N–H and O–H groups in total. The van der Waals surface area contributed by atoms with Crippen LogP contribution in [0, 0.1) is 5.92 Å². The van der Waals surface area contributed by atoms with Crippen molar-refractivity contribution in [3.05, 3.63) is 28.5 Å². The van der Waals surface area contributed by atoms with E-state index in [9.17, 15) is 13.6 Å². The van der Waals surface area contributed by atoms with Crippen molar-refractivity contribution in [1.29, 1.82) is 0 Å². The molecule has 2 aromatic rings. The highest BCUT2D eigenvalue weighted by molar-refractivity contribution is 8.13. The van der Waals surface area contributed by atoms with Crippen molar-refractivity contribution < 1.29 is 23.0 Å². The van der Waals surface area contributed by atoms with Crippen LogP contribution in [0.3, 0.4) is 0 Å². The number of nitrogens with zero attached hydrogens (tertiary/aromatic N) is 4. The largest absolute Gasteiger partial charge is 0.415 e. The zero-order valence-electron chi connectivity index (χ0n) is 16.7. The molecule has 1 saturated heterocycles. The summed E-state index contributed by atoms with van der Waals surface area (Å²) in [6, 6.07) is 0. The molecule has 0 radical (unpaired) electrons. The number of rotatable bonds is 5. The van der Waals surface area contributed by atoms with Gasteiger partial charge in [-0.05, 0) is 20.3 Å². The molecule has 2 aliphatic heterocycles. The Morgan fingerprint density at radius 1 is 1.39 bits per heavy atom. The van der Waals surface area contributed by atoms with Crippen molar-refractivity contribution >= 4 is 40.0 Å². The molecule has 1 fully saturated rings. The van der Waals surface area contributed by atoms with Gasteiger partial charge >= 0.3 is 6.61 Å². The number of nitrogens with two attached hydrogens (primary N) is 1. The second-order valence-corrected chi connectivity index (χ2v) is 9.64. The average molecular weight is 471 g/mol. The molecule has 0 spiro atoms. The van der Waals surface area contributed by atoms with Gasteiger partial charge < -0.3 is 20.5 Å². The summed E-state index contributed by atoms with van der Waals surface area (Å²) in [4.78, 5) is 29.2. The predicted molar refractivity (Wildman–Crippen MR) is 113 cm³/mol. The molecule has 0 unspecified atom stereocenters. The van der Waals surface area contributed by atoms with Crippen molar-refractivity contribution in [3.8, 4) is 5.88 Å². The van der Waals surface area contributed by atoms with Crippen LogP contribution in [0.5, 0.6) is 5.88 Å². The number of halogens is 2. The fraction of sp³-hybridized carbons (Fsp3) is 0.500. The number of amides is 1. The molecule has 1 amide bonds. The molecule has 2 aliphatic rings. The molecule has 0 aromatic carbocycles. The molecule has 2 aromatic heterocycles. The minimum atomic E-state index is -3.02. The number of hydrogen-bond acceptors (Lipinski definition) is 10. The Bertz CT molecular complexity index is 1000. The van der Waals surface area contributed by atoms with E-state index < -0.39 is 18.1 Å². The van der Waals surface area contributed by atoms with E-state index in [2.05, 4.69) is 38.9 Å². The molecule has 4 heterocycles. The minimum absolute atomic E-state index is 0.0636. The van der Waals surface area contributed by atoms with Gasteiger partial charge in [-0.3, -0.25) is 4.79 Å². The van der Waals surface area contributed by atoms with E-state index in [1.165, 1.54) is 23.1 Å². The second kappa shape index (κ2) is 8.28. The second-order valence-electron chi connectivity index (χ2n) is 7.75. The Balaban J connectivity index is 1.52. The number of alkyl halides is 2. The van der Waals surface area contributed by atoms with Crippen molar-refractivity contribution in [2.45, 2.75) is 38.0 Å². The Kier molecular flexibility index (Phi) is 5.83. The molecule has 0 bridgehead atoms. The summed E-state index contributed by atoms with van der Waals surface area (Å²) in [6.45, 7) is 1.43. The highest BCUT2D eigenvalue weighted by Gasteiger charge is 2.52. The number of aromatic nitrogens is 3. The van der Waals surface area contributed by atoms with Gasteiger partial charge in [-0.2, -0.15) is 8.78 Å². The van der Waals surface area contributed by atoms with E-state index >= 15 is 0 Å².